The second-order valence-corrected chi connectivity index (χ2v) is 4.13. The maximum absolute atomic E-state index is 11.7. The number of hydrogen-bond donors (Lipinski definition) is 2. The number of amides is 2. The summed E-state index contributed by atoms with van der Waals surface area (Å²) < 4.78 is 5.08. The Morgan fingerprint density at radius 2 is 2.05 bits per heavy atom. The molecule has 0 atom stereocenters. The topological polar surface area (TPSA) is 61.8 Å². The van der Waals surface area contributed by atoms with Gasteiger partial charge in [0, 0.05) is 19.6 Å². The quantitative estimate of drug-likeness (QED) is 0.781. The largest absolute Gasteiger partial charge is 0.497 e. The average molecular weight is 266 g/mol. The van der Waals surface area contributed by atoms with E-state index < -0.39 is 0 Å². The molecule has 1 aromatic carbocycles. The van der Waals surface area contributed by atoms with Crippen LogP contribution in [0.15, 0.2) is 24.3 Å². The van der Waals surface area contributed by atoms with Crippen molar-refractivity contribution in [1.29, 1.82) is 0 Å². The molecule has 0 aliphatic rings. The van der Waals surface area contributed by atoms with Crippen LogP contribution in [0.5, 0.6) is 5.75 Å². The first-order valence-corrected chi connectivity index (χ1v) is 6.47. The Kier molecular flexibility index (Phi) is 6.74. The summed E-state index contributed by atoms with van der Waals surface area (Å²) in [6, 6.07) is 7.64. The van der Waals surface area contributed by atoms with Gasteiger partial charge in [-0.15, -0.1) is 0 Å². The van der Waals surface area contributed by atoms with E-state index in [0.717, 1.165) is 17.7 Å². The number of carbonyl (C=O) groups excluding carboxylic acids is 1. The number of methoxy groups -OCH3 is 1. The number of aliphatic hydroxyl groups is 1. The van der Waals surface area contributed by atoms with E-state index in [-0.39, 0.29) is 12.6 Å². The molecule has 2 amide bonds. The molecule has 0 aliphatic carbocycles. The number of nitrogens with one attached hydrogen (secondary N) is 1. The molecule has 0 aliphatic heterocycles. The van der Waals surface area contributed by atoms with Crippen molar-refractivity contribution >= 4 is 6.03 Å². The molecular weight excluding hydrogens is 244 g/mol. The highest BCUT2D eigenvalue weighted by Crippen LogP contribution is 2.11. The molecule has 0 unspecified atom stereocenters. The molecule has 0 saturated carbocycles. The first-order chi connectivity index (χ1) is 9.21. The second-order valence-electron chi connectivity index (χ2n) is 4.13. The van der Waals surface area contributed by atoms with Crippen LogP contribution in [-0.2, 0) is 6.42 Å². The molecule has 5 nitrogen and oxygen atoms in total. The number of rotatable bonds is 7. The van der Waals surface area contributed by atoms with E-state index in [1.807, 2.05) is 31.2 Å². The van der Waals surface area contributed by atoms with E-state index in [9.17, 15) is 4.79 Å². The summed E-state index contributed by atoms with van der Waals surface area (Å²) >= 11 is 0. The van der Waals surface area contributed by atoms with Gasteiger partial charge in [0.1, 0.15) is 5.75 Å². The molecule has 0 heterocycles. The molecule has 0 saturated heterocycles. The summed E-state index contributed by atoms with van der Waals surface area (Å²) in [5.74, 6) is 0.827. The highest BCUT2D eigenvalue weighted by atomic mass is 16.5. The molecule has 1 rings (SSSR count). The second kappa shape index (κ2) is 8.37. The van der Waals surface area contributed by atoms with Crippen molar-refractivity contribution in [3.8, 4) is 5.75 Å². The molecule has 0 spiro atoms. The fourth-order valence-corrected chi connectivity index (χ4v) is 1.74. The van der Waals surface area contributed by atoms with Crippen molar-refractivity contribution in [2.24, 2.45) is 0 Å². The lowest BCUT2D eigenvalue weighted by atomic mass is 10.1. The number of urea groups is 1. The maximum atomic E-state index is 11.7. The lowest BCUT2D eigenvalue weighted by molar-refractivity contribution is 0.180. The van der Waals surface area contributed by atoms with Crippen LogP contribution in [0.25, 0.3) is 0 Å². The summed E-state index contributed by atoms with van der Waals surface area (Å²) in [7, 11) is 1.63. The summed E-state index contributed by atoms with van der Waals surface area (Å²) in [6.45, 7) is 3.41. The number of hydrogen-bond acceptors (Lipinski definition) is 3. The van der Waals surface area contributed by atoms with E-state index in [2.05, 4.69) is 5.32 Å². The third kappa shape index (κ3) is 5.18. The van der Waals surface area contributed by atoms with Gasteiger partial charge in [-0.3, -0.25) is 0 Å². The van der Waals surface area contributed by atoms with E-state index in [4.69, 9.17) is 9.84 Å². The molecular formula is C14H22N2O3. The van der Waals surface area contributed by atoms with E-state index in [0.29, 0.717) is 19.6 Å². The van der Waals surface area contributed by atoms with Crippen LogP contribution in [0.2, 0.25) is 0 Å². The van der Waals surface area contributed by atoms with Crippen molar-refractivity contribution in [3.05, 3.63) is 29.8 Å². The third-order valence-electron chi connectivity index (χ3n) is 2.89. The fraction of sp³-hybridized carbons (Fsp3) is 0.500. The minimum Gasteiger partial charge on any atom is -0.497 e. The summed E-state index contributed by atoms with van der Waals surface area (Å²) in [4.78, 5) is 13.3. The SMILES string of the molecule is CCN(CCO)C(=O)NCCc1ccc(OC)cc1. The lowest BCUT2D eigenvalue weighted by Crippen LogP contribution is -2.42. The van der Waals surface area contributed by atoms with Crippen LogP contribution in [0.4, 0.5) is 4.79 Å². The van der Waals surface area contributed by atoms with Crippen molar-refractivity contribution < 1.29 is 14.6 Å². The minimum atomic E-state index is -0.134. The van der Waals surface area contributed by atoms with Gasteiger partial charge < -0.3 is 20.1 Å². The van der Waals surface area contributed by atoms with Crippen molar-refractivity contribution in [1.82, 2.24) is 10.2 Å². The Morgan fingerprint density at radius 1 is 1.37 bits per heavy atom. The number of likely N-dealkylation sites (N-methyl/N-ethyl adjacent to an activating group) is 1. The van der Waals surface area contributed by atoms with Crippen LogP contribution >= 0.6 is 0 Å². The van der Waals surface area contributed by atoms with Gasteiger partial charge in [-0.25, -0.2) is 4.79 Å². The molecule has 0 bridgehead atoms. The highest BCUT2D eigenvalue weighted by Gasteiger charge is 2.09. The Labute approximate surface area is 114 Å². The van der Waals surface area contributed by atoms with Gasteiger partial charge in [-0.1, -0.05) is 12.1 Å². The average Bonchev–Trinajstić information content (AvgIpc) is 2.45. The first-order valence-electron chi connectivity index (χ1n) is 6.47. The van der Waals surface area contributed by atoms with Gasteiger partial charge in [0.15, 0.2) is 0 Å². The first kappa shape index (κ1) is 15.3. The van der Waals surface area contributed by atoms with Crippen LogP contribution < -0.4 is 10.1 Å². The standard InChI is InChI=1S/C14H22N2O3/c1-3-16(10-11-17)14(18)15-9-8-12-4-6-13(19-2)7-5-12/h4-7,17H,3,8-11H2,1-2H3,(H,15,18). The molecule has 106 valence electrons. The van der Waals surface area contributed by atoms with Gasteiger partial charge in [0.2, 0.25) is 0 Å². The molecule has 19 heavy (non-hydrogen) atoms. The lowest BCUT2D eigenvalue weighted by Gasteiger charge is -2.20. The number of carbonyl (C=O) groups is 1. The minimum absolute atomic E-state index is 0.0141. The van der Waals surface area contributed by atoms with Crippen molar-refractivity contribution in [2.75, 3.05) is 33.4 Å². The van der Waals surface area contributed by atoms with Gasteiger partial charge in [-0.05, 0) is 31.0 Å². The predicted molar refractivity (Wildman–Crippen MR) is 74.4 cm³/mol. The summed E-state index contributed by atoms with van der Waals surface area (Å²) in [5.41, 5.74) is 1.14. The Bertz CT molecular complexity index is 379. The third-order valence-corrected chi connectivity index (χ3v) is 2.89. The van der Waals surface area contributed by atoms with Gasteiger partial charge in [-0.2, -0.15) is 0 Å². The maximum Gasteiger partial charge on any atom is 0.317 e. The van der Waals surface area contributed by atoms with E-state index in [1.54, 1.807) is 12.0 Å². The summed E-state index contributed by atoms with van der Waals surface area (Å²) in [6.07, 6.45) is 0.770. The molecule has 2 N–H and O–H groups in total. The zero-order chi connectivity index (χ0) is 14.1. The highest BCUT2D eigenvalue weighted by molar-refractivity contribution is 5.74. The Balaban J connectivity index is 2.34. The number of aliphatic hydroxyl groups excluding tert-OH is 1. The zero-order valence-electron chi connectivity index (χ0n) is 11.6. The fourth-order valence-electron chi connectivity index (χ4n) is 1.74. The smallest absolute Gasteiger partial charge is 0.317 e. The van der Waals surface area contributed by atoms with Gasteiger partial charge in [0.05, 0.1) is 13.7 Å². The Hall–Kier alpha value is -1.75. The van der Waals surface area contributed by atoms with E-state index in [1.165, 1.54) is 0 Å². The number of benzene rings is 1. The van der Waals surface area contributed by atoms with Gasteiger partial charge in [0.25, 0.3) is 0 Å². The van der Waals surface area contributed by atoms with E-state index >= 15 is 0 Å². The molecule has 0 aromatic heterocycles. The van der Waals surface area contributed by atoms with Crippen molar-refractivity contribution in [2.45, 2.75) is 13.3 Å². The zero-order valence-corrected chi connectivity index (χ0v) is 11.6. The van der Waals surface area contributed by atoms with Crippen LogP contribution in [0.1, 0.15) is 12.5 Å². The normalized spacial score (nSPS) is 10.1. The monoisotopic (exact) mass is 266 g/mol. The summed E-state index contributed by atoms with van der Waals surface area (Å²) in [5, 5.41) is 11.7. The molecule has 1 aromatic rings. The van der Waals surface area contributed by atoms with Crippen LogP contribution in [0, 0.1) is 0 Å². The molecule has 0 radical (unpaired) electrons. The predicted octanol–water partition coefficient (Wildman–Crippen LogP) is 1.26. The van der Waals surface area contributed by atoms with Crippen LogP contribution in [0.3, 0.4) is 0 Å². The molecule has 0 fully saturated rings. The Morgan fingerprint density at radius 3 is 2.58 bits per heavy atom. The van der Waals surface area contributed by atoms with Crippen molar-refractivity contribution in [3.63, 3.8) is 0 Å². The van der Waals surface area contributed by atoms with Crippen LogP contribution in [-0.4, -0.2) is 49.4 Å². The number of ether oxygens (including phenoxy) is 1. The van der Waals surface area contributed by atoms with Gasteiger partial charge >= 0.3 is 6.03 Å². The number of nitrogens with zero attached hydrogens (tertiary/aromatic N) is 1. The molecule has 5 heteroatoms.